The second-order valence-electron chi connectivity index (χ2n) is 8.51. The van der Waals surface area contributed by atoms with Gasteiger partial charge in [-0.3, -0.25) is 0 Å². The van der Waals surface area contributed by atoms with Crippen molar-refractivity contribution < 1.29 is 4.79 Å². The van der Waals surface area contributed by atoms with Crippen LogP contribution in [0.4, 0.5) is 16.3 Å². The van der Waals surface area contributed by atoms with E-state index >= 15 is 0 Å². The second-order valence-corrected chi connectivity index (χ2v) is 9.40. The highest BCUT2D eigenvalue weighted by Crippen LogP contribution is 2.30. The topological polar surface area (TPSA) is 102 Å². The summed E-state index contributed by atoms with van der Waals surface area (Å²) >= 11 is 1.62. The minimum atomic E-state index is -0.000587. The van der Waals surface area contributed by atoms with Crippen molar-refractivity contribution in [2.75, 3.05) is 44.6 Å². The third kappa shape index (κ3) is 5.13. The van der Waals surface area contributed by atoms with Crippen LogP contribution in [0.3, 0.4) is 0 Å². The van der Waals surface area contributed by atoms with Gasteiger partial charge in [-0.2, -0.15) is 0 Å². The van der Waals surface area contributed by atoms with Crippen LogP contribution in [0.5, 0.6) is 0 Å². The van der Waals surface area contributed by atoms with Gasteiger partial charge in [-0.25, -0.2) is 19.7 Å². The largest absolute Gasteiger partial charge is 0.340 e. The number of aromatic nitrogens is 4. The van der Waals surface area contributed by atoms with Gasteiger partial charge in [-0.15, -0.1) is 11.3 Å². The van der Waals surface area contributed by atoms with Gasteiger partial charge in [-0.1, -0.05) is 19.9 Å². The minimum absolute atomic E-state index is 0.000587. The molecule has 1 aliphatic heterocycles. The molecule has 0 spiro atoms. The average Bonchev–Trinajstić information content (AvgIpc) is 3.54. The van der Waals surface area contributed by atoms with E-state index in [1.54, 1.807) is 17.7 Å². The summed E-state index contributed by atoms with van der Waals surface area (Å²) in [7, 11) is 0. The number of carbonyl (C=O) groups excluding carboxylic acids is 1. The van der Waals surface area contributed by atoms with Crippen LogP contribution in [0.15, 0.2) is 42.2 Å². The molecule has 0 saturated carbocycles. The first-order valence-corrected chi connectivity index (χ1v) is 12.9. The number of anilines is 2. The predicted molar refractivity (Wildman–Crippen MR) is 142 cm³/mol. The van der Waals surface area contributed by atoms with Gasteiger partial charge in [0.15, 0.2) is 0 Å². The fourth-order valence-electron chi connectivity index (χ4n) is 4.35. The molecule has 0 radical (unpaired) electrons. The Kier molecular flexibility index (Phi) is 6.91. The summed E-state index contributed by atoms with van der Waals surface area (Å²) < 4.78 is 1.13. The average molecular weight is 491 g/mol. The molecule has 2 amide bonds. The Labute approximate surface area is 208 Å². The highest BCUT2D eigenvalue weighted by molar-refractivity contribution is 7.16. The predicted octanol–water partition coefficient (Wildman–Crippen LogP) is 4.45. The molecule has 10 heteroatoms. The summed E-state index contributed by atoms with van der Waals surface area (Å²) in [5.74, 6) is 0.756. The van der Waals surface area contributed by atoms with Crippen LogP contribution >= 0.6 is 11.3 Å². The summed E-state index contributed by atoms with van der Waals surface area (Å²) in [5.41, 5.74) is 6.80. The SMILES string of the molecule is CCN(CC)CCNC(=O)N1CC=C(c2cc3c(Nc4ccc5ncsc5c4)ncnc3[nH]2)CC1. The molecule has 0 aliphatic carbocycles. The van der Waals surface area contributed by atoms with Crippen molar-refractivity contribution >= 4 is 55.7 Å². The zero-order chi connectivity index (χ0) is 24.2. The molecule has 182 valence electrons. The molecule has 0 saturated heterocycles. The van der Waals surface area contributed by atoms with E-state index in [1.165, 1.54) is 5.57 Å². The molecule has 5 rings (SSSR count). The molecule has 3 N–H and O–H groups in total. The number of nitrogens with zero attached hydrogens (tertiary/aromatic N) is 5. The number of benzene rings is 1. The quantitative estimate of drug-likeness (QED) is 0.337. The van der Waals surface area contributed by atoms with Crippen molar-refractivity contribution in [2.24, 2.45) is 0 Å². The van der Waals surface area contributed by atoms with Crippen LogP contribution in [-0.2, 0) is 0 Å². The van der Waals surface area contributed by atoms with Crippen molar-refractivity contribution in [1.82, 2.24) is 35.1 Å². The molecule has 0 atom stereocenters. The van der Waals surface area contributed by atoms with Crippen LogP contribution in [0.25, 0.3) is 26.8 Å². The number of urea groups is 1. The van der Waals surface area contributed by atoms with Crippen molar-refractivity contribution in [3.05, 3.63) is 47.9 Å². The smallest absolute Gasteiger partial charge is 0.317 e. The fourth-order valence-corrected chi connectivity index (χ4v) is 5.07. The molecule has 0 bridgehead atoms. The Morgan fingerprint density at radius 2 is 2.09 bits per heavy atom. The normalized spacial score (nSPS) is 14.0. The minimum Gasteiger partial charge on any atom is -0.340 e. The lowest BCUT2D eigenvalue weighted by Crippen LogP contribution is -2.44. The van der Waals surface area contributed by atoms with Gasteiger partial charge in [-0.05, 0) is 49.3 Å². The maximum atomic E-state index is 12.6. The lowest BCUT2D eigenvalue weighted by Gasteiger charge is -2.27. The van der Waals surface area contributed by atoms with Gasteiger partial charge in [0.25, 0.3) is 0 Å². The van der Waals surface area contributed by atoms with Crippen molar-refractivity contribution in [1.29, 1.82) is 0 Å². The van der Waals surface area contributed by atoms with Crippen LogP contribution in [0, 0.1) is 0 Å². The number of hydrogen-bond acceptors (Lipinski definition) is 7. The first kappa shape index (κ1) is 23.3. The molecule has 0 unspecified atom stereocenters. The number of hydrogen-bond donors (Lipinski definition) is 3. The molecular formula is C25H30N8OS. The van der Waals surface area contributed by atoms with Gasteiger partial charge in [0, 0.05) is 37.6 Å². The zero-order valence-electron chi connectivity index (χ0n) is 20.0. The number of nitrogens with one attached hydrogen (secondary N) is 3. The number of fused-ring (bicyclic) bond motifs is 2. The number of amides is 2. The summed E-state index contributed by atoms with van der Waals surface area (Å²) in [6.07, 6.45) is 4.47. The lowest BCUT2D eigenvalue weighted by atomic mass is 10.1. The lowest BCUT2D eigenvalue weighted by molar-refractivity contribution is 0.200. The Morgan fingerprint density at radius 1 is 1.20 bits per heavy atom. The van der Waals surface area contributed by atoms with E-state index in [9.17, 15) is 4.79 Å². The molecule has 0 fully saturated rings. The first-order chi connectivity index (χ1) is 17.1. The third-order valence-electron chi connectivity index (χ3n) is 6.46. The van der Waals surface area contributed by atoms with Crippen LogP contribution < -0.4 is 10.6 Å². The molecular weight excluding hydrogens is 460 g/mol. The number of likely N-dealkylation sites (N-methyl/N-ethyl adjacent to an activating group) is 1. The van der Waals surface area contributed by atoms with Gasteiger partial charge < -0.3 is 25.4 Å². The Balaban J connectivity index is 1.26. The number of rotatable bonds is 8. The van der Waals surface area contributed by atoms with Gasteiger partial charge in [0.2, 0.25) is 0 Å². The number of thiazole rings is 1. The fraction of sp³-hybridized carbons (Fsp3) is 0.360. The molecule has 1 aliphatic rings. The number of H-pyrrole nitrogens is 1. The van der Waals surface area contributed by atoms with E-state index in [0.29, 0.717) is 19.6 Å². The van der Waals surface area contributed by atoms with E-state index in [4.69, 9.17) is 0 Å². The molecule has 4 heterocycles. The molecule has 4 aromatic rings. The Bertz CT molecular complexity index is 1360. The number of carbonyl (C=O) groups is 1. The van der Waals surface area contributed by atoms with Crippen LogP contribution in [0.1, 0.15) is 26.0 Å². The standard InChI is InChI=1S/C25H30N8OS/c1-3-32(4-2)12-9-26-25(34)33-10-7-17(8-11-33)21-14-19-23(27-15-28-24(19)31-21)30-18-5-6-20-22(13-18)35-16-29-20/h5-7,13-16H,3-4,8-12H2,1-2H3,(H,26,34)(H2,27,28,30,31). The number of aromatic amines is 1. The monoisotopic (exact) mass is 490 g/mol. The van der Waals surface area contributed by atoms with Crippen LogP contribution in [0.2, 0.25) is 0 Å². The molecule has 9 nitrogen and oxygen atoms in total. The maximum Gasteiger partial charge on any atom is 0.317 e. The van der Waals surface area contributed by atoms with E-state index in [0.717, 1.165) is 64.5 Å². The Morgan fingerprint density at radius 3 is 2.89 bits per heavy atom. The summed E-state index contributed by atoms with van der Waals surface area (Å²) in [6.45, 7) is 9.08. The first-order valence-electron chi connectivity index (χ1n) is 12.0. The molecule has 35 heavy (non-hydrogen) atoms. The van der Waals surface area contributed by atoms with Gasteiger partial charge in [0.05, 0.1) is 21.1 Å². The maximum absolute atomic E-state index is 12.6. The van der Waals surface area contributed by atoms with E-state index in [2.05, 4.69) is 67.5 Å². The van der Waals surface area contributed by atoms with Gasteiger partial charge >= 0.3 is 6.03 Å². The van der Waals surface area contributed by atoms with Crippen LogP contribution in [-0.4, -0.2) is 75.0 Å². The van der Waals surface area contributed by atoms with Crippen molar-refractivity contribution in [3.8, 4) is 0 Å². The second kappa shape index (κ2) is 10.4. The van der Waals surface area contributed by atoms with E-state index in [1.807, 2.05) is 22.5 Å². The highest BCUT2D eigenvalue weighted by atomic mass is 32.1. The van der Waals surface area contributed by atoms with Crippen molar-refractivity contribution in [3.63, 3.8) is 0 Å². The van der Waals surface area contributed by atoms with E-state index in [-0.39, 0.29) is 6.03 Å². The molecule has 1 aromatic carbocycles. The zero-order valence-corrected chi connectivity index (χ0v) is 20.9. The highest BCUT2D eigenvalue weighted by Gasteiger charge is 2.19. The van der Waals surface area contributed by atoms with E-state index < -0.39 is 0 Å². The summed E-state index contributed by atoms with van der Waals surface area (Å²) in [4.78, 5) is 33.4. The molecule has 3 aromatic heterocycles. The Hall–Kier alpha value is -3.50. The third-order valence-corrected chi connectivity index (χ3v) is 7.25. The van der Waals surface area contributed by atoms with Gasteiger partial charge in [0.1, 0.15) is 17.8 Å². The summed E-state index contributed by atoms with van der Waals surface area (Å²) in [6, 6.07) is 8.19. The summed E-state index contributed by atoms with van der Waals surface area (Å²) in [5, 5.41) is 7.41. The van der Waals surface area contributed by atoms with Crippen molar-refractivity contribution in [2.45, 2.75) is 20.3 Å².